The van der Waals surface area contributed by atoms with Gasteiger partial charge in [-0.25, -0.2) is 8.78 Å². The molecule has 1 N–H and O–H groups in total. The summed E-state index contributed by atoms with van der Waals surface area (Å²) >= 11 is 2.24. The molecule has 1 aromatic carbocycles. The molecule has 0 radical (unpaired) electrons. The maximum absolute atomic E-state index is 13.6. The number of hydrogen-bond donors (Lipinski definition) is 1. The average molecular weight is 400 g/mol. The van der Waals surface area contributed by atoms with Crippen LogP contribution in [0, 0.1) is 17.0 Å². The maximum Gasteiger partial charge on any atom is 0.126 e. The van der Waals surface area contributed by atoms with E-state index in [1.165, 1.54) is 6.07 Å². The zero-order chi connectivity index (χ0) is 15.4. The van der Waals surface area contributed by atoms with Crippen LogP contribution in [0.5, 0.6) is 0 Å². The van der Waals surface area contributed by atoms with Crippen molar-refractivity contribution in [1.82, 2.24) is 4.98 Å². The van der Waals surface area contributed by atoms with E-state index in [1.807, 2.05) is 6.07 Å². The minimum Gasteiger partial charge on any atom is -0.305 e. The Morgan fingerprint density at radius 3 is 2.62 bits per heavy atom. The van der Waals surface area contributed by atoms with Gasteiger partial charge in [0, 0.05) is 27.6 Å². The van der Waals surface area contributed by atoms with Crippen LogP contribution in [0.2, 0.25) is 0 Å². The smallest absolute Gasteiger partial charge is 0.126 e. The Morgan fingerprint density at radius 1 is 1.19 bits per heavy atom. The maximum atomic E-state index is 13.6. The van der Waals surface area contributed by atoms with Crippen LogP contribution in [-0.4, -0.2) is 10.7 Å². The Morgan fingerprint density at radius 2 is 1.95 bits per heavy atom. The fourth-order valence-electron chi connectivity index (χ4n) is 2.30. The van der Waals surface area contributed by atoms with Crippen molar-refractivity contribution in [2.75, 3.05) is 0 Å². The first-order chi connectivity index (χ1) is 10.0. The van der Waals surface area contributed by atoms with E-state index in [1.54, 1.807) is 13.1 Å². The topological polar surface area (TPSA) is 36.7 Å². The van der Waals surface area contributed by atoms with Crippen molar-refractivity contribution in [2.24, 2.45) is 0 Å². The summed E-state index contributed by atoms with van der Waals surface area (Å²) in [4.78, 5) is 4.32. The van der Waals surface area contributed by atoms with Crippen molar-refractivity contribution < 1.29 is 8.78 Å². The number of hydrogen-bond acceptors (Lipinski definition) is 2. The summed E-state index contributed by atoms with van der Waals surface area (Å²) in [5, 5.41) is 7.90. The van der Waals surface area contributed by atoms with E-state index in [2.05, 4.69) is 27.6 Å². The number of halogens is 3. The van der Waals surface area contributed by atoms with Crippen molar-refractivity contribution in [1.29, 1.82) is 5.41 Å². The number of aromatic nitrogens is 1. The lowest BCUT2D eigenvalue weighted by Gasteiger charge is -2.12. The molecule has 5 heteroatoms. The predicted octanol–water partition coefficient (Wildman–Crippen LogP) is 4.47. The molecule has 1 aromatic heterocycles. The van der Waals surface area contributed by atoms with E-state index >= 15 is 0 Å². The summed E-state index contributed by atoms with van der Waals surface area (Å²) < 4.78 is 27.6. The lowest BCUT2D eigenvalue weighted by atomic mass is 9.98. The number of nitrogens with zero attached hydrogens (tertiary/aromatic N) is 1. The fraction of sp³-hybridized carbons (Fsp3) is 0.250. The second kappa shape index (κ2) is 7.06. The van der Waals surface area contributed by atoms with Gasteiger partial charge in [-0.2, -0.15) is 0 Å². The Balaban J connectivity index is 2.28. The summed E-state index contributed by atoms with van der Waals surface area (Å²) in [6.45, 7) is 1.72. The molecular weight excluding hydrogens is 385 g/mol. The Bertz CT molecular complexity index is 671. The van der Waals surface area contributed by atoms with Gasteiger partial charge in [-0.05, 0) is 55.2 Å². The minimum atomic E-state index is -0.441. The quantitative estimate of drug-likeness (QED) is 0.449. The molecular formula is C16H15F2IN2. The van der Waals surface area contributed by atoms with E-state index in [-0.39, 0.29) is 0 Å². The average Bonchev–Trinajstić information content (AvgIpc) is 2.47. The summed E-state index contributed by atoms with van der Waals surface area (Å²) in [6, 6.07) is 5.36. The highest BCUT2D eigenvalue weighted by molar-refractivity contribution is 14.1. The molecule has 0 spiro atoms. The van der Waals surface area contributed by atoms with Gasteiger partial charge in [-0.1, -0.05) is 22.6 Å². The number of rotatable bonds is 5. The first-order valence-electron chi connectivity index (χ1n) is 6.55. The molecule has 0 amide bonds. The summed E-state index contributed by atoms with van der Waals surface area (Å²) in [5.74, 6) is -0.849. The van der Waals surface area contributed by atoms with Crippen LogP contribution >= 0.6 is 22.6 Å². The summed E-state index contributed by atoms with van der Waals surface area (Å²) in [5.41, 5.74) is 3.42. The van der Waals surface area contributed by atoms with Crippen LogP contribution < -0.4 is 0 Å². The van der Waals surface area contributed by atoms with Crippen molar-refractivity contribution in [3.05, 3.63) is 64.5 Å². The van der Waals surface area contributed by atoms with Gasteiger partial charge in [0.2, 0.25) is 0 Å². The van der Waals surface area contributed by atoms with E-state index in [0.717, 1.165) is 33.4 Å². The summed E-state index contributed by atoms with van der Waals surface area (Å²) in [7, 11) is 0. The molecule has 2 nitrogen and oxygen atoms in total. The monoisotopic (exact) mass is 400 g/mol. The highest BCUT2D eigenvalue weighted by Gasteiger charge is 2.12. The molecule has 110 valence electrons. The van der Waals surface area contributed by atoms with Crippen LogP contribution in [0.15, 0.2) is 30.5 Å². The van der Waals surface area contributed by atoms with E-state index < -0.39 is 11.6 Å². The molecule has 0 unspecified atom stereocenters. The Kier molecular flexibility index (Phi) is 5.39. The van der Waals surface area contributed by atoms with Crippen LogP contribution in [-0.2, 0) is 17.3 Å². The third-order valence-electron chi connectivity index (χ3n) is 3.27. The first-order valence-corrected chi connectivity index (χ1v) is 8.07. The fourth-order valence-corrected chi connectivity index (χ4v) is 2.93. The van der Waals surface area contributed by atoms with Gasteiger partial charge in [-0.3, -0.25) is 4.98 Å². The second-order valence-electron chi connectivity index (χ2n) is 4.79. The lowest BCUT2D eigenvalue weighted by Crippen LogP contribution is -2.08. The summed E-state index contributed by atoms with van der Waals surface area (Å²) in [6.07, 6.45) is 2.55. The molecule has 1 heterocycles. The SMILES string of the molecule is CC(=N)c1c(CI)ccnc1CCc1cc(F)ccc1F. The van der Waals surface area contributed by atoms with Crippen LogP contribution in [0.3, 0.4) is 0 Å². The molecule has 0 fully saturated rings. The molecule has 0 bridgehead atoms. The van der Waals surface area contributed by atoms with Gasteiger partial charge in [0.25, 0.3) is 0 Å². The minimum absolute atomic E-state index is 0.338. The third kappa shape index (κ3) is 3.84. The van der Waals surface area contributed by atoms with Gasteiger partial charge in [0.05, 0.1) is 0 Å². The number of aryl methyl sites for hydroxylation is 2. The zero-order valence-electron chi connectivity index (χ0n) is 11.6. The normalized spacial score (nSPS) is 10.7. The molecule has 21 heavy (non-hydrogen) atoms. The van der Waals surface area contributed by atoms with E-state index in [9.17, 15) is 8.78 Å². The molecule has 0 aliphatic rings. The standard InChI is InChI=1S/C16H15F2IN2/c1-10(20)16-12(9-19)6-7-21-15(16)5-2-11-8-13(17)3-4-14(11)18/h3-4,6-8,20H,2,5,9H2,1H3. The van der Waals surface area contributed by atoms with Crippen molar-refractivity contribution in [3.8, 4) is 0 Å². The van der Waals surface area contributed by atoms with Gasteiger partial charge in [0.15, 0.2) is 0 Å². The van der Waals surface area contributed by atoms with Crippen LogP contribution in [0.25, 0.3) is 0 Å². The van der Waals surface area contributed by atoms with Crippen molar-refractivity contribution in [2.45, 2.75) is 24.2 Å². The van der Waals surface area contributed by atoms with Gasteiger partial charge >= 0.3 is 0 Å². The van der Waals surface area contributed by atoms with Gasteiger partial charge < -0.3 is 5.41 Å². The lowest BCUT2D eigenvalue weighted by molar-refractivity contribution is 0.583. The largest absolute Gasteiger partial charge is 0.305 e. The second-order valence-corrected chi connectivity index (χ2v) is 5.55. The molecule has 0 aliphatic heterocycles. The molecule has 2 rings (SSSR count). The predicted molar refractivity (Wildman–Crippen MR) is 88.2 cm³/mol. The highest BCUT2D eigenvalue weighted by atomic mass is 127. The number of benzene rings is 1. The number of nitrogens with one attached hydrogen (secondary N) is 1. The van der Waals surface area contributed by atoms with Crippen LogP contribution in [0.4, 0.5) is 8.78 Å². The number of pyridine rings is 1. The Labute approximate surface area is 136 Å². The molecule has 0 saturated carbocycles. The van der Waals surface area contributed by atoms with Gasteiger partial charge in [-0.15, -0.1) is 0 Å². The van der Waals surface area contributed by atoms with Gasteiger partial charge in [0.1, 0.15) is 11.6 Å². The van der Waals surface area contributed by atoms with E-state index in [0.29, 0.717) is 24.1 Å². The Hall–Kier alpha value is -1.37. The third-order valence-corrected chi connectivity index (χ3v) is 4.10. The number of alkyl halides is 1. The highest BCUT2D eigenvalue weighted by Crippen LogP contribution is 2.19. The first kappa shape index (κ1) is 16.0. The van der Waals surface area contributed by atoms with E-state index in [4.69, 9.17) is 5.41 Å². The molecule has 0 aliphatic carbocycles. The van der Waals surface area contributed by atoms with Crippen molar-refractivity contribution in [3.63, 3.8) is 0 Å². The molecule has 0 atom stereocenters. The molecule has 0 saturated heterocycles. The van der Waals surface area contributed by atoms with Crippen molar-refractivity contribution >= 4 is 28.3 Å². The zero-order valence-corrected chi connectivity index (χ0v) is 13.7. The molecule has 2 aromatic rings. The van der Waals surface area contributed by atoms with Crippen LogP contribution in [0.1, 0.15) is 29.3 Å².